The molecule has 1 fully saturated rings. The number of halogens is 2. The summed E-state index contributed by atoms with van der Waals surface area (Å²) in [5, 5.41) is 4.85. The Kier molecular flexibility index (Phi) is 5.60. The topological polar surface area (TPSA) is 38.1 Å². The van der Waals surface area contributed by atoms with Gasteiger partial charge in [0.1, 0.15) is 15.3 Å². The number of aromatic nitrogens is 2. The maximum Gasteiger partial charge on any atom is 0.266 e. The second kappa shape index (κ2) is 7.73. The van der Waals surface area contributed by atoms with Gasteiger partial charge in [0.2, 0.25) is 0 Å². The van der Waals surface area contributed by atoms with E-state index < -0.39 is 0 Å². The summed E-state index contributed by atoms with van der Waals surface area (Å²) < 4.78 is 15.2. The molecule has 1 aliphatic rings. The predicted molar refractivity (Wildman–Crippen MR) is 108 cm³/mol. The van der Waals surface area contributed by atoms with Crippen LogP contribution in [0.4, 0.5) is 4.39 Å². The molecule has 0 saturated carbocycles. The molecule has 0 unspecified atom stereocenters. The molecule has 0 radical (unpaired) electrons. The van der Waals surface area contributed by atoms with Gasteiger partial charge in [-0.15, -0.1) is 6.58 Å². The zero-order valence-electron chi connectivity index (χ0n) is 13.9. The Hall–Kier alpha value is -1.96. The summed E-state index contributed by atoms with van der Waals surface area (Å²) in [7, 11) is 0. The predicted octanol–water partition coefficient (Wildman–Crippen LogP) is 4.42. The van der Waals surface area contributed by atoms with E-state index in [0.717, 1.165) is 5.56 Å². The lowest BCUT2D eigenvalue weighted by Crippen LogP contribution is -2.27. The lowest BCUT2D eigenvalue weighted by molar-refractivity contribution is -0.121. The number of carbonyl (C=O) groups excluding carboxylic acids is 1. The molecule has 2 heterocycles. The Morgan fingerprint density at radius 2 is 2.08 bits per heavy atom. The number of thioether (sulfide) groups is 1. The van der Waals surface area contributed by atoms with Crippen molar-refractivity contribution in [3.8, 4) is 0 Å². The van der Waals surface area contributed by atoms with E-state index >= 15 is 0 Å². The maximum atomic E-state index is 13.0. The van der Waals surface area contributed by atoms with Crippen LogP contribution in [0.15, 0.2) is 41.8 Å². The average Bonchev–Trinajstić information content (AvgIpc) is 3.02. The van der Waals surface area contributed by atoms with E-state index in [4.69, 9.17) is 23.8 Å². The van der Waals surface area contributed by atoms with Crippen molar-refractivity contribution in [3.05, 3.63) is 69.6 Å². The molecule has 26 heavy (non-hydrogen) atoms. The standard InChI is InChI=1S/C18H15ClFN3OS2/c1-3-8-22-17(24)15(26-18(22)25)9-14-11(2)21-23(16(14)19)10-12-4-6-13(20)7-5-12/h3-7,9H,1,8,10H2,2H3/b15-9-. The number of rotatable bonds is 5. The van der Waals surface area contributed by atoms with Crippen molar-refractivity contribution in [1.82, 2.24) is 14.7 Å². The van der Waals surface area contributed by atoms with Crippen LogP contribution >= 0.6 is 35.6 Å². The molecule has 2 aromatic rings. The number of hydrogen-bond donors (Lipinski definition) is 0. The Balaban J connectivity index is 1.89. The summed E-state index contributed by atoms with van der Waals surface area (Å²) in [5.74, 6) is -0.458. The fourth-order valence-corrected chi connectivity index (χ4v) is 4.06. The Labute approximate surface area is 165 Å². The van der Waals surface area contributed by atoms with Crippen LogP contribution in [0.1, 0.15) is 16.8 Å². The van der Waals surface area contributed by atoms with Crippen molar-refractivity contribution < 1.29 is 9.18 Å². The molecule has 4 nitrogen and oxygen atoms in total. The van der Waals surface area contributed by atoms with E-state index in [1.165, 1.54) is 28.8 Å². The zero-order valence-corrected chi connectivity index (χ0v) is 16.3. The van der Waals surface area contributed by atoms with E-state index in [2.05, 4.69) is 11.7 Å². The quantitative estimate of drug-likeness (QED) is 0.418. The second-order valence-electron chi connectivity index (χ2n) is 5.66. The molecule has 0 spiro atoms. The molecule has 0 aliphatic carbocycles. The maximum absolute atomic E-state index is 13.0. The van der Waals surface area contributed by atoms with Gasteiger partial charge in [0.15, 0.2) is 0 Å². The molecule has 134 valence electrons. The minimum absolute atomic E-state index is 0.165. The highest BCUT2D eigenvalue weighted by Gasteiger charge is 2.31. The first-order valence-electron chi connectivity index (χ1n) is 7.74. The van der Waals surface area contributed by atoms with Crippen LogP contribution in [-0.2, 0) is 11.3 Å². The van der Waals surface area contributed by atoms with Crippen LogP contribution < -0.4 is 0 Å². The summed E-state index contributed by atoms with van der Waals surface area (Å²) in [5.41, 5.74) is 2.25. The molecule has 8 heteroatoms. The second-order valence-corrected chi connectivity index (χ2v) is 7.69. The van der Waals surface area contributed by atoms with Crippen LogP contribution in [0.5, 0.6) is 0 Å². The lowest BCUT2D eigenvalue weighted by atomic mass is 10.2. The SMILES string of the molecule is C=CCN1C(=O)/C(=C/c2c(C)nn(Cc3ccc(F)cc3)c2Cl)SC1=S. The van der Waals surface area contributed by atoms with Gasteiger partial charge in [0.05, 0.1) is 17.1 Å². The zero-order chi connectivity index (χ0) is 18.8. The molecule has 0 N–H and O–H groups in total. The van der Waals surface area contributed by atoms with E-state index in [9.17, 15) is 9.18 Å². The fourth-order valence-electron chi connectivity index (χ4n) is 2.52. The third kappa shape index (κ3) is 3.75. The first-order chi connectivity index (χ1) is 12.4. The van der Waals surface area contributed by atoms with Crippen molar-refractivity contribution >= 4 is 51.9 Å². The van der Waals surface area contributed by atoms with Gasteiger partial charge in [0.25, 0.3) is 5.91 Å². The van der Waals surface area contributed by atoms with Crippen LogP contribution in [0.25, 0.3) is 6.08 Å². The smallest absolute Gasteiger partial charge is 0.266 e. The first-order valence-corrected chi connectivity index (χ1v) is 9.34. The molecule has 1 amide bonds. The number of aryl methyl sites for hydroxylation is 1. The molecule has 1 aliphatic heterocycles. The number of thiocarbonyl (C=S) groups is 1. The third-order valence-electron chi connectivity index (χ3n) is 3.82. The van der Waals surface area contributed by atoms with E-state index in [1.807, 2.05) is 6.92 Å². The summed E-state index contributed by atoms with van der Waals surface area (Å²) in [6, 6.07) is 6.16. The Morgan fingerprint density at radius 1 is 1.38 bits per heavy atom. The molecule has 0 bridgehead atoms. The number of carbonyl (C=O) groups is 1. The van der Waals surface area contributed by atoms with Gasteiger partial charge >= 0.3 is 0 Å². The van der Waals surface area contributed by atoms with Crippen molar-refractivity contribution in [2.75, 3.05) is 6.54 Å². The molecule has 1 aromatic heterocycles. The monoisotopic (exact) mass is 407 g/mol. The number of nitrogens with zero attached hydrogens (tertiary/aromatic N) is 3. The van der Waals surface area contributed by atoms with Gasteiger partial charge < -0.3 is 0 Å². The number of hydrogen-bond acceptors (Lipinski definition) is 4. The molecule has 0 atom stereocenters. The van der Waals surface area contributed by atoms with Gasteiger partial charge in [-0.25, -0.2) is 9.07 Å². The Morgan fingerprint density at radius 3 is 2.73 bits per heavy atom. The minimum atomic E-state index is -0.293. The van der Waals surface area contributed by atoms with Crippen LogP contribution in [0, 0.1) is 12.7 Å². The fraction of sp³-hybridized carbons (Fsp3) is 0.167. The molecular formula is C18H15ClFN3OS2. The summed E-state index contributed by atoms with van der Waals surface area (Å²) in [4.78, 5) is 14.5. The summed E-state index contributed by atoms with van der Waals surface area (Å²) in [6.07, 6.45) is 3.35. The highest BCUT2D eigenvalue weighted by atomic mass is 35.5. The van der Waals surface area contributed by atoms with Gasteiger partial charge in [0, 0.05) is 12.1 Å². The largest absolute Gasteiger partial charge is 0.289 e. The molecular weight excluding hydrogens is 393 g/mol. The van der Waals surface area contributed by atoms with Crippen molar-refractivity contribution in [3.63, 3.8) is 0 Å². The van der Waals surface area contributed by atoms with Gasteiger partial charge in [-0.1, -0.05) is 53.8 Å². The van der Waals surface area contributed by atoms with E-state index in [-0.39, 0.29) is 11.7 Å². The lowest BCUT2D eigenvalue weighted by Gasteiger charge is -2.10. The van der Waals surface area contributed by atoms with Gasteiger partial charge in [-0.05, 0) is 30.7 Å². The van der Waals surface area contributed by atoms with Crippen molar-refractivity contribution in [1.29, 1.82) is 0 Å². The number of benzene rings is 1. The highest BCUT2D eigenvalue weighted by molar-refractivity contribution is 8.26. The van der Waals surface area contributed by atoms with E-state index in [0.29, 0.717) is 38.7 Å². The third-order valence-corrected chi connectivity index (χ3v) is 5.59. The van der Waals surface area contributed by atoms with Gasteiger partial charge in [-0.2, -0.15) is 5.10 Å². The first kappa shape index (κ1) is 18.8. The van der Waals surface area contributed by atoms with Crippen LogP contribution in [0.2, 0.25) is 5.15 Å². The summed E-state index contributed by atoms with van der Waals surface area (Å²) in [6.45, 7) is 6.24. The number of amides is 1. The van der Waals surface area contributed by atoms with Crippen molar-refractivity contribution in [2.24, 2.45) is 0 Å². The van der Waals surface area contributed by atoms with Crippen LogP contribution in [-0.4, -0.2) is 31.5 Å². The van der Waals surface area contributed by atoms with Crippen LogP contribution in [0.3, 0.4) is 0 Å². The van der Waals surface area contributed by atoms with Crippen molar-refractivity contribution in [2.45, 2.75) is 13.5 Å². The average molecular weight is 408 g/mol. The molecule has 1 saturated heterocycles. The van der Waals surface area contributed by atoms with Gasteiger partial charge in [-0.3, -0.25) is 9.69 Å². The molecule has 3 rings (SSSR count). The highest BCUT2D eigenvalue weighted by Crippen LogP contribution is 2.34. The molecule has 1 aromatic carbocycles. The Bertz CT molecular complexity index is 921. The summed E-state index contributed by atoms with van der Waals surface area (Å²) >= 11 is 12.9. The minimum Gasteiger partial charge on any atom is -0.289 e. The van der Waals surface area contributed by atoms with E-state index in [1.54, 1.807) is 29.0 Å². The normalized spacial score (nSPS) is 16.0.